The Hall–Kier alpha value is -3.26. The highest BCUT2D eigenvalue weighted by atomic mass is 15.3. The zero-order valence-corrected chi connectivity index (χ0v) is 13.6. The molecule has 0 N–H and O–H groups in total. The molecule has 116 valence electrons. The van der Waals surface area contributed by atoms with Crippen molar-refractivity contribution in [3.8, 4) is 22.5 Å². The Balaban J connectivity index is 1.87. The summed E-state index contributed by atoms with van der Waals surface area (Å²) in [5.74, 6) is 0. The van der Waals surface area contributed by atoms with E-state index >= 15 is 0 Å². The number of rotatable bonds is 0. The molecular formula is C23H16N2+2. The summed E-state index contributed by atoms with van der Waals surface area (Å²) in [6, 6.07) is 27.9. The van der Waals surface area contributed by atoms with E-state index in [2.05, 4.69) is 88.3 Å². The zero-order valence-electron chi connectivity index (χ0n) is 14.6. The molecule has 4 heterocycles. The lowest BCUT2D eigenvalue weighted by Crippen LogP contribution is -2.71. The van der Waals surface area contributed by atoms with E-state index in [1.165, 1.54) is 22.4 Å². The molecule has 0 saturated heterocycles. The van der Waals surface area contributed by atoms with Crippen LogP contribution in [0.5, 0.6) is 0 Å². The maximum atomic E-state index is 8.14. The zero-order chi connectivity index (χ0) is 17.3. The molecule has 0 amide bonds. The molecule has 25 heavy (non-hydrogen) atoms. The van der Waals surface area contributed by atoms with Crippen molar-refractivity contribution in [2.24, 2.45) is 0 Å². The van der Waals surface area contributed by atoms with Crippen LogP contribution in [0.3, 0.4) is 0 Å². The molecule has 2 aliphatic heterocycles. The van der Waals surface area contributed by atoms with Crippen LogP contribution in [0, 0.1) is 0 Å². The average molecular weight is 322 g/mol. The average Bonchev–Trinajstić information content (AvgIpc) is 3.15. The van der Waals surface area contributed by atoms with E-state index in [4.69, 9.17) is 1.37 Å². The molecule has 1 unspecified atom stereocenters. The van der Waals surface area contributed by atoms with Gasteiger partial charge in [-0.3, -0.25) is 0 Å². The third kappa shape index (κ3) is 1.38. The van der Waals surface area contributed by atoms with Gasteiger partial charge in [0.2, 0.25) is 11.4 Å². The molecular weight excluding hydrogens is 304 g/mol. The molecule has 6 rings (SSSR count). The molecule has 2 heteroatoms. The molecule has 0 aliphatic carbocycles. The van der Waals surface area contributed by atoms with Gasteiger partial charge in [-0.25, -0.2) is 0 Å². The number of fused-ring (bicyclic) bond motifs is 10. The maximum Gasteiger partial charge on any atom is 0.417 e. The van der Waals surface area contributed by atoms with Crippen LogP contribution in [0.15, 0.2) is 97.3 Å². The van der Waals surface area contributed by atoms with Gasteiger partial charge in [-0.15, -0.1) is 9.13 Å². The standard InChI is InChI=1S/C23H16N2/c1-3-11-19-17(9-1)21-13-5-7-15-24(21)23(19)20-12-4-2-10-18(20)22-14-6-8-16-25(22)23/h1-16H/q+2/i1T. The van der Waals surface area contributed by atoms with Crippen LogP contribution in [0.1, 0.15) is 12.5 Å². The van der Waals surface area contributed by atoms with Gasteiger partial charge in [0, 0.05) is 24.3 Å². The second kappa shape index (κ2) is 4.42. The summed E-state index contributed by atoms with van der Waals surface area (Å²) in [6.07, 6.45) is 4.33. The predicted octanol–water partition coefficient (Wildman–Crippen LogP) is 3.52. The quantitative estimate of drug-likeness (QED) is 0.378. The molecule has 0 bridgehead atoms. The number of benzene rings is 2. The molecule has 2 aromatic carbocycles. The third-order valence-electron chi connectivity index (χ3n) is 5.51. The first-order valence-electron chi connectivity index (χ1n) is 9.05. The second-order valence-electron chi connectivity index (χ2n) is 6.60. The van der Waals surface area contributed by atoms with Crippen LogP contribution in [0.2, 0.25) is 0 Å². The van der Waals surface area contributed by atoms with Crippen molar-refractivity contribution in [1.82, 2.24) is 0 Å². The van der Waals surface area contributed by atoms with E-state index < -0.39 is 5.66 Å². The summed E-state index contributed by atoms with van der Waals surface area (Å²) in [5.41, 5.74) is 6.83. The SMILES string of the molecule is [3H]c1ccc2c(c1)-c1cccc[n+]1C21c2ccccc2-c2cccc[n+]21. The van der Waals surface area contributed by atoms with E-state index in [-0.39, 0.29) is 0 Å². The smallest absolute Gasteiger partial charge is 0.126 e. The first-order chi connectivity index (χ1) is 12.8. The Kier molecular flexibility index (Phi) is 2.15. The highest BCUT2D eigenvalue weighted by molar-refractivity contribution is 5.73. The van der Waals surface area contributed by atoms with Crippen molar-refractivity contribution < 1.29 is 10.5 Å². The Bertz CT molecular complexity index is 1170. The van der Waals surface area contributed by atoms with Gasteiger partial charge in [-0.05, 0) is 36.4 Å². The highest BCUT2D eigenvalue weighted by Crippen LogP contribution is 2.46. The number of pyridine rings is 2. The van der Waals surface area contributed by atoms with E-state index in [0.717, 1.165) is 11.3 Å². The fraction of sp³-hybridized carbons (Fsp3) is 0.0435. The number of hydrogen-bond acceptors (Lipinski definition) is 0. The van der Waals surface area contributed by atoms with Gasteiger partial charge < -0.3 is 0 Å². The minimum Gasteiger partial charge on any atom is -0.126 e. The van der Waals surface area contributed by atoms with Gasteiger partial charge in [0.25, 0.3) is 0 Å². The summed E-state index contributed by atoms with van der Waals surface area (Å²) in [7, 11) is 0. The number of aromatic nitrogens is 2. The molecule has 1 spiro atoms. The van der Waals surface area contributed by atoms with Gasteiger partial charge in [-0.2, -0.15) is 0 Å². The first kappa shape index (κ1) is 12.2. The molecule has 2 aliphatic rings. The van der Waals surface area contributed by atoms with Crippen molar-refractivity contribution in [3.63, 3.8) is 0 Å². The van der Waals surface area contributed by atoms with Crippen LogP contribution in [-0.2, 0) is 5.66 Å². The van der Waals surface area contributed by atoms with Crippen molar-refractivity contribution in [3.05, 3.63) is 108 Å². The monoisotopic (exact) mass is 322 g/mol. The second-order valence-corrected chi connectivity index (χ2v) is 6.60. The van der Waals surface area contributed by atoms with Crippen molar-refractivity contribution >= 4 is 0 Å². The van der Waals surface area contributed by atoms with Gasteiger partial charge in [0.1, 0.15) is 11.1 Å². The van der Waals surface area contributed by atoms with Crippen LogP contribution < -0.4 is 9.13 Å². The lowest BCUT2D eigenvalue weighted by Gasteiger charge is -2.16. The topological polar surface area (TPSA) is 7.76 Å². The fourth-order valence-electron chi connectivity index (χ4n) is 4.63. The van der Waals surface area contributed by atoms with Gasteiger partial charge in [-0.1, -0.05) is 24.2 Å². The normalized spacial score (nSPS) is 19.1. The molecule has 2 nitrogen and oxygen atoms in total. The summed E-state index contributed by atoms with van der Waals surface area (Å²) in [6.45, 7) is 0. The van der Waals surface area contributed by atoms with Crippen molar-refractivity contribution in [1.29, 1.82) is 0 Å². The van der Waals surface area contributed by atoms with E-state index in [9.17, 15) is 0 Å². The van der Waals surface area contributed by atoms with Crippen LogP contribution in [-0.4, -0.2) is 0 Å². The Morgan fingerprint density at radius 1 is 0.600 bits per heavy atom. The maximum absolute atomic E-state index is 8.14. The van der Waals surface area contributed by atoms with Gasteiger partial charge >= 0.3 is 5.66 Å². The summed E-state index contributed by atoms with van der Waals surface area (Å²) in [5, 5.41) is 0. The third-order valence-corrected chi connectivity index (χ3v) is 5.51. The minimum atomic E-state index is -0.438. The Morgan fingerprint density at radius 2 is 1.16 bits per heavy atom. The lowest BCUT2D eigenvalue weighted by atomic mass is 9.90. The van der Waals surface area contributed by atoms with Crippen LogP contribution >= 0.6 is 0 Å². The molecule has 2 aromatic heterocycles. The molecule has 0 saturated carbocycles. The van der Waals surface area contributed by atoms with Crippen molar-refractivity contribution in [2.75, 3.05) is 0 Å². The van der Waals surface area contributed by atoms with E-state index in [0.29, 0.717) is 6.04 Å². The summed E-state index contributed by atoms with van der Waals surface area (Å²) in [4.78, 5) is 0. The van der Waals surface area contributed by atoms with Gasteiger partial charge in [0.05, 0.1) is 12.5 Å². The number of hydrogen-bond donors (Lipinski definition) is 0. The molecule has 1 atom stereocenters. The van der Waals surface area contributed by atoms with Gasteiger partial charge in [0.15, 0.2) is 12.4 Å². The van der Waals surface area contributed by atoms with Crippen molar-refractivity contribution in [2.45, 2.75) is 5.66 Å². The largest absolute Gasteiger partial charge is 0.417 e. The molecule has 0 radical (unpaired) electrons. The lowest BCUT2D eigenvalue weighted by molar-refractivity contribution is -0.955. The molecule has 4 aromatic rings. The summed E-state index contributed by atoms with van der Waals surface area (Å²) < 4.78 is 12.9. The van der Waals surface area contributed by atoms with E-state index in [1.54, 1.807) is 0 Å². The minimum absolute atomic E-state index is 0.438. The number of nitrogens with zero attached hydrogens (tertiary/aromatic N) is 2. The first-order valence-corrected chi connectivity index (χ1v) is 8.55. The highest BCUT2D eigenvalue weighted by Gasteiger charge is 2.66. The molecule has 0 fully saturated rings. The Morgan fingerprint density at radius 3 is 1.88 bits per heavy atom. The van der Waals surface area contributed by atoms with E-state index in [1.807, 2.05) is 12.1 Å². The fourth-order valence-corrected chi connectivity index (χ4v) is 4.63. The van der Waals surface area contributed by atoms with Crippen LogP contribution in [0.25, 0.3) is 22.5 Å². The predicted molar refractivity (Wildman–Crippen MR) is 95.7 cm³/mol. The summed E-state index contributed by atoms with van der Waals surface area (Å²) >= 11 is 0. The Labute approximate surface area is 147 Å². The van der Waals surface area contributed by atoms with Crippen LogP contribution in [0.4, 0.5) is 0 Å².